The zero-order valence-electron chi connectivity index (χ0n) is 40.5. The summed E-state index contributed by atoms with van der Waals surface area (Å²) in [4.78, 5) is 2.43. The van der Waals surface area contributed by atoms with Gasteiger partial charge < -0.3 is 14.0 Å². The topological polar surface area (TPSA) is 13.1 Å². The highest BCUT2D eigenvalue weighted by molar-refractivity contribution is 6.18. The molecule has 2 heterocycles. The summed E-state index contributed by atoms with van der Waals surface area (Å²) in [6.45, 7) is 4.70. The molecule has 1 aliphatic carbocycles. The standard InChI is InChI=1S/C69H48FN3/c1-69(2)62-27-14-12-23-56(62)57-39-37-53(44-63(57)69)71(52-38-42-65-61(43-52)58-24-13-15-28-64(58)72(65)49-21-10-5-11-22-49)50-33-29-45(30-34-50)54-25-16-26-59-55(54)40-41-60-66(46-17-6-3-7-18-46)67(47-19-8-4-9-20-47)73(68(59)60)51-35-31-48(70)32-36-51/h3-44H,1-2H3. The van der Waals surface area contributed by atoms with Crippen LogP contribution in [-0.2, 0) is 5.41 Å². The van der Waals surface area contributed by atoms with Crippen LogP contribution in [-0.4, -0.2) is 9.13 Å². The average Bonchev–Trinajstić information content (AvgIpc) is 4.05. The van der Waals surface area contributed by atoms with Crippen LogP contribution >= 0.6 is 0 Å². The number of hydrogen-bond donors (Lipinski definition) is 0. The summed E-state index contributed by atoms with van der Waals surface area (Å²) in [5.41, 5.74) is 20.5. The van der Waals surface area contributed by atoms with E-state index < -0.39 is 0 Å². The molecule has 346 valence electrons. The van der Waals surface area contributed by atoms with Gasteiger partial charge in [-0.3, -0.25) is 0 Å². The lowest BCUT2D eigenvalue weighted by Crippen LogP contribution is -2.16. The van der Waals surface area contributed by atoms with Crippen molar-refractivity contribution in [2.24, 2.45) is 0 Å². The number of halogens is 1. The highest BCUT2D eigenvalue weighted by Gasteiger charge is 2.36. The highest BCUT2D eigenvalue weighted by Crippen LogP contribution is 2.52. The van der Waals surface area contributed by atoms with E-state index in [9.17, 15) is 4.39 Å². The summed E-state index contributed by atoms with van der Waals surface area (Å²) in [5.74, 6) is -0.263. The van der Waals surface area contributed by atoms with E-state index in [0.29, 0.717) is 0 Å². The van der Waals surface area contributed by atoms with Crippen LogP contribution in [0.5, 0.6) is 0 Å². The monoisotopic (exact) mass is 937 g/mol. The van der Waals surface area contributed by atoms with Crippen LogP contribution < -0.4 is 4.90 Å². The Morgan fingerprint density at radius 1 is 0.356 bits per heavy atom. The first-order valence-corrected chi connectivity index (χ1v) is 25.1. The Bertz CT molecular complexity index is 4260. The van der Waals surface area contributed by atoms with Gasteiger partial charge in [0.1, 0.15) is 5.82 Å². The molecule has 73 heavy (non-hydrogen) atoms. The minimum Gasteiger partial charge on any atom is -0.310 e. The molecule has 3 nitrogen and oxygen atoms in total. The van der Waals surface area contributed by atoms with Gasteiger partial charge in [0, 0.05) is 61.0 Å². The van der Waals surface area contributed by atoms with Crippen molar-refractivity contribution >= 4 is 60.5 Å². The number of anilines is 3. The van der Waals surface area contributed by atoms with Crippen molar-refractivity contribution < 1.29 is 4.39 Å². The summed E-state index contributed by atoms with van der Waals surface area (Å²) in [5, 5.41) is 5.81. The fourth-order valence-electron chi connectivity index (χ4n) is 12.0. The third-order valence-electron chi connectivity index (χ3n) is 15.4. The third kappa shape index (κ3) is 6.71. The third-order valence-corrected chi connectivity index (χ3v) is 15.4. The molecule has 11 aromatic carbocycles. The van der Waals surface area contributed by atoms with E-state index in [1.807, 2.05) is 12.1 Å². The lowest BCUT2D eigenvalue weighted by molar-refractivity contribution is 0.627. The van der Waals surface area contributed by atoms with Crippen LogP contribution in [0.3, 0.4) is 0 Å². The van der Waals surface area contributed by atoms with E-state index in [-0.39, 0.29) is 11.2 Å². The zero-order chi connectivity index (χ0) is 48.8. The number of fused-ring (bicyclic) bond motifs is 9. The van der Waals surface area contributed by atoms with E-state index in [0.717, 1.165) is 83.6 Å². The van der Waals surface area contributed by atoms with Crippen LogP contribution in [0.2, 0.25) is 0 Å². The van der Waals surface area contributed by atoms with Crippen molar-refractivity contribution in [1.29, 1.82) is 0 Å². The summed E-state index contributed by atoms with van der Waals surface area (Å²) >= 11 is 0. The molecule has 14 rings (SSSR count). The number of aromatic nitrogens is 2. The van der Waals surface area contributed by atoms with Crippen LogP contribution in [0.1, 0.15) is 25.0 Å². The van der Waals surface area contributed by atoms with Crippen molar-refractivity contribution in [3.05, 3.63) is 272 Å². The molecule has 2 aromatic heterocycles. The second kappa shape index (κ2) is 16.7. The van der Waals surface area contributed by atoms with Gasteiger partial charge in [0.05, 0.1) is 22.2 Å². The largest absolute Gasteiger partial charge is 0.310 e. The van der Waals surface area contributed by atoms with Crippen molar-refractivity contribution in [3.8, 4) is 56.0 Å². The maximum atomic E-state index is 14.7. The van der Waals surface area contributed by atoms with Crippen LogP contribution in [0.25, 0.3) is 99.5 Å². The number of benzene rings is 11. The Hall–Kier alpha value is -9.25. The molecule has 0 atom stereocenters. The Labute approximate surface area is 423 Å². The molecule has 0 unspecified atom stereocenters. The van der Waals surface area contributed by atoms with Crippen LogP contribution in [0, 0.1) is 5.82 Å². The van der Waals surface area contributed by atoms with Gasteiger partial charge in [-0.2, -0.15) is 0 Å². The van der Waals surface area contributed by atoms with Crippen molar-refractivity contribution in [2.75, 3.05) is 4.90 Å². The van der Waals surface area contributed by atoms with Crippen LogP contribution in [0.15, 0.2) is 255 Å². The maximum Gasteiger partial charge on any atom is 0.123 e. The highest BCUT2D eigenvalue weighted by atomic mass is 19.1. The minimum atomic E-state index is -0.263. The van der Waals surface area contributed by atoms with Gasteiger partial charge in [0.25, 0.3) is 0 Å². The molecular formula is C69H48FN3. The zero-order valence-corrected chi connectivity index (χ0v) is 40.5. The van der Waals surface area contributed by atoms with E-state index in [4.69, 9.17) is 0 Å². The predicted molar refractivity (Wildman–Crippen MR) is 304 cm³/mol. The summed E-state index contributed by atoms with van der Waals surface area (Å²) in [7, 11) is 0. The van der Waals surface area contributed by atoms with Gasteiger partial charge in [-0.15, -0.1) is 0 Å². The van der Waals surface area contributed by atoms with Crippen LogP contribution in [0.4, 0.5) is 21.5 Å². The first-order valence-electron chi connectivity index (χ1n) is 25.1. The molecule has 0 radical (unpaired) electrons. The quantitative estimate of drug-likeness (QED) is 0.148. The molecule has 0 aliphatic heterocycles. The van der Waals surface area contributed by atoms with Gasteiger partial charge in [0.15, 0.2) is 0 Å². The van der Waals surface area contributed by atoms with E-state index >= 15 is 0 Å². The number of rotatable bonds is 8. The van der Waals surface area contributed by atoms with Gasteiger partial charge in [0.2, 0.25) is 0 Å². The van der Waals surface area contributed by atoms with Crippen molar-refractivity contribution in [1.82, 2.24) is 9.13 Å². The number of hydrogen-bond acceptors (Lipinski definition) is 1. The first kappa shape index (κ1) is 42.6. The predicted octanol–water partition coefficient (Wildman–Crippen LogP) is 18.8. The van der Waals surface area contributed by atoms with Gasteiger partial charge in [-0.25, -0.2) is 4.39 Å². The second-order valence-electron chi connectivity index (χ2n) is 19.8. The Balaban J connectivity index is 0.954. The second-order valence-corrected chi connectivity index (χ2v) is 19.8. The maximum absolute atomic E-state index is 14.7. The Kier molecular flexibility index (Phi) is 9.74. The summed E-state index contributed by atoms with van der Waals surface area (Å²) < 4.78 is 19.4. The molecule has 0 fully saturated rings. The molecular weight excluding hydrogens is 890 g/mol. The molecule has 0 spiro atoms. The molecule has 0 amide bonds. The molecule has 0 bridgehead atoms. The average molecular weight is 938 g/mol. The van der Waals surface area contributed by atoms with E-state index in [1.54, 1.807) is 12.1 Å². The Morgan fingerprint density at radius 3 is 1.71 bits per heavy atom. The number of para-hydroxylation sites is 2. The lowest BCUT2D eigenvalue weighted by Gasteiger charge is -2.28. The lowest BCUT2D eigenvalue weighted by atomic mass is 9.82. The molecule has 4 heteroatoms. The van der Waals surface area contributed by atoms with E-state index in [2.05, 4.69) is 258 Å². The minimum absolute atomic E-state index is 0.162. The molecule has 0 N–H and O–H groups in total. The molecule has 13 aromatic rings. The SMILES string of the molecule is CC1(C)c2ccccc2-c2ccc(N(c3ccc(-c4cccc5c4ccc4c(-c6ccccc6)c(-c6ccccc6)n(-c6ccc(F)cc6)c45)cc3)c3ccc4c(c3)c3ccccc3n4-c3ccccc3)cc21. The number of nitrogens with zero attached hydrogens (tertiary/aromatic N) is 3. The van der Waals surface area contributed by atoms with Gasteiger partial charge in [-0.05, 0) is 135 Å². The summed E-state index contributed by atoms with van der Waals surface area (Å²) in [6.07, 6.45) is 0. The normalized spacial score (nSPS) is 12.7. The van der Waals surface area contributed by atoms with Gasteiger partial charge in [-0.1, -0.05) is 184 Å². The fourth-order valence-corrected chi connectivity index (χ4v) is 12.0. The smallest absolute Gasteiger partial charge is 0.123 e. The summed E-state index contributed by atoms with van der Waals surface area (Å²) in [6, 6.07) is 90.7. The fraction of sp³-hybridized carbons (Fsp3) is 0.0435. The first-order chi connectivity index (χ1) is 35.9. The molecule has 0 saturated heterocycles. The molecule has 0 saturated carbocycles. The van der Waals surface area contributed by atoms with Crippen molar-refractivity contribution in [3.63, 3.8) is 0 Å². The van der Waals surface area contributed by atoms with Crippen molar-refractivity contribution in [2.45, 2.75) is 19.3 Å². The van der Waals surface area contributed by atoms with E-state index in [1.165, 1.54) is 44.1 Å². The molecule has 1 aliphatic rings. The van der Waals surface area contributed by atoms with Gasteiger partial charge >= 0.3 is 0 Å². The Morgan fingerprint density at radius 2 is 0.932 bits per heavy atom.